The van der Waals surface area contributed by atoms with E-state index in [9.17, 15) is 0 Å². The summed E-state index contributed by atoms with van der Waals surface area (Å²) in [6.07, 6.45) is 1.41. The van der Waals surface area contributed by atoms with Crippen molar-refractivity contribution >= 4 is 12.2 Å². The zero-order valence-electron chi connectivity index (χ0n) is 10.9. The average molecular weight is 268 g/mol. The normalized spacial score (nSPS) is 11.5. The molecular weight excluding hydrogens is 252 g/mol. The summed E-state index contributed by atoms with van der Waals surface area (Å²) in [5.74, 6) is 1.22. The molecule has 8 nitrogen and oxygen atoms in total. The number of benzene rings is 1. The zero-order chi connectivity index (χ0) is 14.3. The molecule has 0 heterocycles. The summed E-state index contributed by atoms with van der Waals surface area (Å²) >= 11 is 0. The van der Waals surface area contributed by atoms with Crippen LogP contribution in [0.3, 0.4) is 0 Å². The summed E-state index contributed by atoms with van der Waals surface area (Å²) in [5.41, 5.74) is 7.49. The van der Waals surface area contributed by atoms with Crippen LogP contribution in [0.1, 0.15) is 5.56 Å². The van der Waals surface area contributed by atoms with Crippen molar-refractivity contribution in [2.75, 3.05) is 21.3 Å². The highest BCUT2D eigenvalue weighted by atomic mass is 16.5. The summed E-state index contributed by atoms with van der Waals surface area (Å²) < 4.78 is 15.6. The molecule has 0 bridgehead atoms. The summed E-state index contributed by atoms with van der Waals surface area (Å²) in [5, 5.41) is 15.6. The molecule has 19 heavy (non-hydrogen) atoms. The van der Waals surface area contributed by atoms with E-state index in [4.69, 9.17) is 25.2 Å². The van der Waals surface area contributed by atoms with Crippen LogP contribution in [0.25, 0.3) is 0 Å². The summed E-state index contributed by atoms with van der Waals surface area (Å²) in [6.45, 7) is 0. The van der Waals surface area contributed by atoms with Crippen LogP contribution >= 0.6 is 0 Å². The van der Waals surface area contributed by atoms with Gasteiger partial charge in [-0.25, -0.2) is 5.48 Å². The zero-order valence-corrected chi connectivity index (χ0v) is 10.9. The molecule has 104 valence electrons. The van der Waals surface area contributed by atoms with Gasteiger partial charge in [-0.3, -0.25) is 5.21 Å². The van der Waals surface area contributed by atoms with Crippen LogP contribution in [0.4, 0.5) is 0 Å². The van der Waals surface area contributed by atoms with Gasteiger partial charge < -0.3 is 19.9 Å². The van der Waals surface area contributed by atoms with Crippen LogP contribution in [0.5, 0.6) is 17.2 Å². The first-order valence-electron chi connectivity index (χ1n) is 5.23. The fraction of sp³-hybridized carbons (Fsp3) is 0.273. The minimum absolute atomic E-state index is 0.226. The van der Waals surface area contributed by atoms with Crippen molar-refractivity contribution in [3.05, 3.63) is 17.7 Å². The molecule has 0 unspecified atom stereocenters. The Hall–Kier alpha value is -2.48. The van der Waals surface area contributed by atoms with Crippen molar-refractivity contribution < 1.29 is 19.4 Å². The Balaban J connectivity index is 3.15. The van der Waals surface area contributed by atoms with E-state index >= 15 is 0 Å². The molecule has 0 aliphatic heterocycles. The number of methoxy groups -OCH3 is 3. The quantitative estimate of drug-likeness (QED) is 0.403. The molecule has 1 aromatic rings. The second-order valence-electron chi connectivity index (χ2n) is 3.27. The summed E-state index contributed by atoms with van der Waals surface area (Å²) in [6, 6.07) is 3.43. The van der Waals surface area contributed by atoms with Gasteiger partial charge in [-0.05, 0) is 12.1 Å². The Kier molecular flexibility index (Phi) is 5.42. The van der Waals surface area contributed by atoms with Crippen LogP contribution in [0.2, 0.25) is 0 Å². The van der Waals surface area contributed by atoms with E-state index in [0.29, 0.717) is 22.8 Å². The van der Waals surface area contributed by atoms with E-state index in [1.54, 1.807) is 17.6 Å². The van der Waals surface area contributed by atoms with Crippen molar-refractivity contribution in [3.8, 4) is 17.2 Å². The van der Waals surface area contributed by atoms with Gasteiger partial charge in [0.05, 0.1) is 27.5 Å². The van der Waals surface area contributed by atoms with Gasteiger partial charge in [-0.15, -0.1) is 5.10 Å². The van der Waals surface area contributed by atoms with Crippen molar-refractivity contribution in [1.29, 1.82) is 0 Å². The van der Waals surface area contributed by atoms with Gasteiger partial charge in [0.25, 0.3) is 0 Å². The first-order valence-corrected chi connectivity index (χ1v) is 5.23. The number of hydrogen-bond donors (Lipinski definition) is 3. The largest absolute Gasteiger partial charge is 0.493 e. The van der Waals surface area contributed by atoms with Gasteiger partial charge >= 0.3 is 0 Å². The maximum absolute atomic E-state index is 8.44. The molecule has 0 amide bonds. The minimum Gasteiger partial charge on any atom is -0.493 e. The Morgan fingerprint density at radius 3 is 2.42 bits per heavy atom. The van der Waals surface area contributed by atoms with E-state index in [0.717, 1.165) is 0 Å². The second kappa shape index (κ2) is 7.07. The lowest BCUT2D eigenvalue weighted by molar-refractivity contribution is 0.232. The molecule has 0 fully saturated rings. The molecule has 1 rings (SSSR count). The van der Waals surface area contributed by atoms with Gasteiger partial charge in [0, 0.05) is 5.56 Å². The lowest BCUT2D eigenvalue weighted by Crippen LogP contribution is -2.27. The van der Waals surface area contributed by atoms with Crippen molar-refractivity contribution in [2.45, 2.75) is 0 Å². The SMILES string of the molecule is COc1ccc(/C=N\N=C(N)NO)c(OC)c1OC. The molecule has 0 spiro atoms. The van der Waals surface area contributed by atoms with Gasteiger partial charge in [0.2, 0.25) is 11.7 Å². The van der Waals surface area contributed by atoms with Gasteiger partial charge in [-0.1, -0.05) is 0 Å². The van der Waals surface area contributed by atoms with Crippen LogP contribution in [-0.4, -0.2) is 38.7 Å². The molecule has 0 aromatic heterocycles. The van der Waals surface area contributed by atoms with Crippen LogP contribution in [0.15, 0.2) is 22.3 Å². The molecule has 0 aliphatic rings. The van der Waals surface area contributed by atoms with Crippen molar-refractivity contribution in [2.24, 2.45) is 15.9 Å². The lowest BCUT2D eigenvalue weighted by atomic mass is 10.2. The third-order valence-corrected chi connectivity index (χ3v) is 2.21. The minimum atomic E-state index is -0.226. The molecule has 0 atom stereocenters. The number of nitrogens with two attached hydrogens (primary N) is 1. The van der Waals surface area contributed by atoms with Gasteiger partial charge in [0.1, 0.15) is 0 Å². The maximum atomic E-state index is 8.44. The topological polar surface area (TPSA) is 111 Å². The third-order valence-electron chi connectivity index (χ3n) is 2.21. The highest BCUT2D eigenvalue weighted by Gasteiger charge is 2.14. The highest BCUT2D eigenvalue weighted by Crippen LogP contribution is 2.38. The lowest BCUT2D eigenvalue weighted by Gasteiger charge is -2.13. The summed E-state index contributed by atoms with van der Waals surface area (Å²) in [4.78, 5) is 0. The molecule has 0 saturated carbocycles. The maximum Gasteiger partial charge on any atom is 0.237 e. The number of rotatable bonds is 5. The van der Waals surface area contributed by atoms with E-state index in [-0.39, 0.29) is 5.96 Å². The predicted molar refractivity (Wildman–Crippen MR) is 70.2 cm³/mol. The Morgan fingerprint density at radius 1 is 1.21 bits per heavy atom. The molecular formula is C11H16N4O4. The molecule has 8 heteroatoms. The average Bonchev–Trinajstić information content (AvgIpc) is 2.45. The first-order chi connectivity index (χ1) is 9.17. The second-order valence-corrected chi connectivity index (χ2v) is 3.27. The van der Waals surface area contributed by atoms with Gasteiger partial charge in [-0.2, -0.15) is 5.10 Å². The molecule has 4 N–H and O–H groups in total. The third kappa shape index (κ3) is 3.49. The highest BCUT2D eigenvalue weighted by molar-refractivity contribution is 5.87. The van der Waals surface area contributed by atoms with E-state index in [2.05, 4.69) is 10.2 Å². The number of nitrogens with one attached hydrogen (secondary N) is 1. The van der Waals surface area contributed by atoms with E-state index in [1.165, 1.54) is 27.5 Å². The van der Waals surface area contributed by atoms with Crippen molar-refractivity contribution in [3.63, 3.8) is 0 Å². The monoisotopic (exact) mass is 268 g/mol. The number of ether oxygens (including phenoxy) is 3. The number of guanidine groups is 1. The number of hydrogen-bond acceptors (Lipinski definition) is 6. The fourth-order valence-electron chi connectivity index (χ4n) is 1.40. The standard InChI is InChI=1S/C11H16N4O4/c1-17-8-5-4-7(6-13-14-11(12)15-16)9(18-2)10(8)19-3/h4-6,16H,1-3H3,(H3,12,14,15)/b13-6-. The van der Waals surface area contributed by atoms with E-state index in [1.807, 2.05) is 0 Å². The van der Waals surface area contributed by atoms with Crippen LogP contribution in [0, 0.1) is 0 Å². The summed E-state index contributed by atoms with van der Waals surface area (Å²) in [7, 11) is 4.54. The molecule has 0 saturated heterocycles. The van der Waals surface area contributed by atoms with E-state index < -0.39 is 0 Å². The van der Waals surface area contributed by atoms with Gasteiger partial charge in [0.15, 0.2) is 11.5 Å². The van der Waals surface area contributed by atoms with Crippen LogP contribution < -0.4 is 25.4 Å². The Morgan fingerprint density at radius 2 is 1.89 bits per heavy atom. The molecule has 0 radical (unpaired) electrons. The van der Waals surface area contributed by atoms with Crippen LogP contribution in [-0.2, 0) is 0 Å². The Bertz CT molecular complexity index is 488. The predicted octanol–water partition coefficient (Wildman–Crippen LogP) is 0.340. The molecule has 1 aromatic carbocycles. The number of nitrogens with zero attached hydrogens (tertiary/aromatic N) is 2. The molecule has 0 aliphatic carbocycles. The smallest absolute Gasteiger partial charge is 0.237 e. The first kappa shape index (κ1) is 14.6. The number of hydroxylamine groups is 1. The Labute approximate surface area is 110 Å². The van der Waals surface area contributed by atoms with Crippen molar-refractivity contribution in [1.82, 2.24) is 5.48 Å². The fourth-order valence-corrected chi connectivity index (χ4v) is 1.40.